The van der Waals surface area contributed by atoms with Gasteiger partial charge in [-0.1, -0.05) is 0 Å². The van der Waals surface area contributed by atoms with Gasteiger partial charge in [-0.05, 0) is 0 Å². The van der Waals surface area contributed by atoms with Gasteiger partial charge in [0.25, 0.3) is 5.91 Å². The third kappa shape index (κ3) is 2.94. The predicted octanol–water partition coefficient (Wildman–Crippen LogP) is -2.55. The molecule has 0 atom stereocenters. The molecule has 7 nitrogen and oxygen atoms in total. The van der Waals surface area contributed by atoms with Gasteiger partial charge in [-0.3, -0.25) is 9.59 Å². The largest absolute Gasteiger partial charge is 0.383 e. The molecule has 0 aliphatic rings. The standard InChI is InChI=1S/C7H15N5O2/c1-10-7(14)5(11-3-8)6(9)12(2)4-13/h4,11H,3,8-9H2,1-2H3,(H,10,14)/b6-5+. The highest BCUT2D eigenvalue weighted by Gasteiger charge is 2.13. The van der Waals surface area contributed by atoms with Crippen molar-refractivity contribution in [2.45, 2.75) is 0 Å². The average Bonchev–Trinajstić information content (AvgIpc) is 2.22. The van der Waals surface area contributed by atoms with Crippen LogP contribution in [0.2, 0.25) is 0 Å². The Balaban J connectivity index is 4.92. The summed E-state index contributed by atoms with van der Waals surface area (Å²) in [5.41, 5.74) is 10.8. The molecule has 14 heavy (non-hydrogen) atoms. The van der Waals surface area contributed by atoms with Gasteiger partial charge in [0.2, 0.25) is 6.41 Å². The van der Waals surface area contributed by atoms with Crippen LogP contribution in [0, 0.1) is 0 Å². The molecule has 2 amide bonds. The van der Waals surface area contributed by atoms with Crippen molar-refractivity contribution in [3.63, 3.8) is 0 Å². The molecule has 0 aromatic carbocycles. The van der Waals surface area contributed by atoms with Crippen LogP contribution < -0.4 is 22.1 Å². The van der Waals surface area contributed by atoms with E-state index in [2.05, 4.69) is 10.6 Å². The van der Waals surface area contributed by atoms with Crippen LogP contribution in [0.3, 0.4) is 0 Å². The van der Waals surface area contributed by atoms with E-state index in [0.717, 1.165) is 4.90 Å². The molecular weight excluding hydrogens is 186 g/mol. The molecule has 6 N–H and O–H groups in total. The topological polar surface area (TPSA) is 113 Å². The highest BCUT2D eigenvalue weighted by molar-refractivity contribution is 5.93. The fraction of sp³-hybridized carbons (Fsp3) is 0.429. The SMILES string of the molecule is CNC(=O)/C(NCN)=C(/N)N(C)C=O. The van der Waals surface area contributed by atoms with Gasteiger partial charge in [0.05, 0.1) is 6.67 Å². The second kappa shape index (κ2) is 5.81. The van der Waals surface area contributed by atoms with E-state index in [9.17, 15) is 9.59 Å². The van der Waals surface area contributed by atoms with Crippen molar-refractivity contribution in [3.05, 3.63) is 11.5 Å². The first kappa shape index (κ1) is 12.2. The van der Waals surface area contributed by atoms with Gasteiger partial charge in [0.15, 0.2) is 0 Å². The Kier molecular flexibility index (Phi) is 5.08. The number of rotatable bonds is 5. The molecule has 0 aliphatic heterocycles. The Labute approximate surface area is 82.1 Å². The van der Waals surface area contributed by atoms with Crippen molar-refractivity contribution in [1.82, 2.24) is 15.5 Å². The molecule has 0 rings (SSSR count). The summed E-state index contributed by atoms with van der Waals surface area (Å²) in [6, 6.07) is 0. The Bertz CT molecular complexity index is 250. The minimum atomic E-state index is -0.429. The Morgan fingerprint density at radius 2 is 2.14 bits per heavy atom. The maximum absolute atomic E-state index is 11.3. The Morgan fingerprint density at radius 1 is 1.57 bits per heavy atom. The first-order valence-electron chi connectivity index (χ1n) is 3.92. The molecule has 0 bridgehead atoms. The minimum absolute atomic E-state index is 0.0183. The van der Waals surface area contributed by atoms with Crippen LogP contribution in [0.15, 0.2) is 11.5 Å². The lowest BCUT2D eigenvalue weighted by molar-refractivity contribution is -0.117. The molecule has 0 aliphatic carbocycles. The molecule has 0 spiro atoms. The fourth-order valence-electron chi connectivity index (χ4n) is 0.747. The summed E-state index contributed by atoms with van der Waals surface area (Å²) in [5.74, 6) is -0.411. The molecule has 0 aromatic heterocycles. The van der Waals surface area contributed by atoms with E-state index in [1.54, 1.807) is 0 Å². The second-order valence-electron chi connectivity index (χ2n) is 2.44. The van der Waals surface area contributed by atoms with Gasteiger partial charge in [-0.2, -0.15) is 0 Å². The van der Waals surface area contributed by atoms with Crippen LogP contribution in [-0.4, -0.2) is 38.0 Å². The normalized spacial score (nSPS) is 11.4. The summed E-state index contributed by atoms with van der Waals surface area (Å²) >= 11 is 0. The summed E-state index contributed by atoms with van der Waals surface area (Å²) < 4.78 is 0. The van der Waals surface area contributed by atoms with Gasteiger partial charge in [-0.15, -0.1) is 0 Å². The van der Waals surface area contributed by atoms with Crippen molar-refractivity contribution in [1.29, 1.82) is 0 Å². The van der Waals surface area contributed by atoms with Gasteiger partial charge in [0.1, 0.15) is 11.5 Å². The summed E-state index contributed by atoms with van der Waals surface area (Å²) in [7, 11) is 2.89. The zero-order chi connectivity index (χ0) is 11.1. The molecule has 0 heterocycles. The molecular formula is C7H15N5O2. The molecule has 7 heteroatoms. The highest BCUT2D eigenvalue weighted by atomic mass is 16.2. The molecule has 0 unspecified atom stereocenters. The molecule has 0 fully saturated rings. The van der Waals surface area contributed by atoms with Crippen LogP contribution in [0.25, 0.3) is 0 Å². The number of nitrogens with two attached hydrogens (primary N) is 2. The first-order chi connectivity index (χ1) is 6.58. The number of hydrogen-bond acceptors (Lipinski definition) is 5. The van der Waals surface area contributed by atoms with E-state index in [-0.39, 0.29) is 18.2 Å². The van der Waals surface area contributed by atoms with E-state index >= 15 is 0 Å². The number of carbonyl (C=O) groups excluding carboxylic acids is 2. The van der Waals surface area contributed by atoms with Crippen LogP contribution >= 0.6 is 0 Å². The van der Waals surface area contributed by atoms with Crippen molar-refractivity contribution < 1.29 is 9.59 Å². The van der Waals surface area contributed by atoms with E-state index in [0.29, 0.717) is 6.41 Å². The number of hydrogen-bond donors (Lipinski definition) is 4. The lowest BCUT2D eigenvalue weighted by Gasteiger charge is -2.16. The molecule has 0 radical (unpaired) electrons. The monoisotopic (exact) mass is 201 g/mol. The van der Waals surface area contributed by atoms with Crippen molar-refractivity contribution in [2.75, 3.05) is 20.8 Å². The smallest absolute Gasteiger partial charge is 0.270 e. The first-order valence-corrected chi connectivity index (χ1v) is 3.92. The minimum Gasteiger partial charge on any atom is -0.383 e. The zero-order valence-corrected chi connectivity index (χ0v) is 8.20. The lowest BCUT2D eigenvalue weighted by Crippen LogP contribution is -2.38. The second-order valence-corrected chi connectivity index (χ2v) is 2.44. The van der Waals surface area contributed by atoms with E-state index in [1.807, 2.05) is 0 Å². The van der Waals surface area contributed by atoms with Crippen molar-refractivity contribution in [2.24, 2.45) is 11.5 Å². The molecule has 0 aromatic rings. The van der Waals surface area contributed by atoms with Gasteiger partial charge in [-0.25, -0.2) is 0 Å². The molecule has 0 saturated carbocycles. The maximum atomic E-state index is 11.3. The Hall–Kier alpha value is -1.76. The summed E-state index contributed by atoms with van der Waals surface area (Å²) in [5, 5.41) is 4.94. The molecule has 0 saturated heterocycles. The fourth-order valence-corrected chi connectivity index (χ4v) is 0.747. The summed E-state index contributed by atoms with van der Waals surface area (Å²) in [4.78, 5) is 22.7. The van der Waals surface area contributed by atoms with Crippen LogP contribution in [-0.2, 0) is 9.59 Å². The van der Waals surface area contributed by atoms with E-state index in [4.69, 9.17) is 11.5 Å². The van der Waals surface area contributed by atoms with E-state index in [1.165, 1.54) is 14.1 Å². The third-order valence-corrected chi connectivity index (χ3v) is 1.53. The number of amides is 2. The van der Waals surface area contributed by atoms with Crippen LogP contribution in [0.1, 0.15) is 0 Å². The summed E-state index contributed by atoms with van der Waals surface area (Å²) in [6.07, 6.45) is 0.496. The number of carbonyl (C=O) groups is 2. The third-order valence-electron chi connectivity index (χ3n) is 1.53. The van der Waals surface area contributed by atoms with Crippen molar-refractivity contribution >= 4 is 12.3 Å². The quantitative estimate of drug-likeness (QED) is 0.222. The van der Waals surface area contributed by atoms with Gasteiger partial charge >= 0.3 is 0 Å². The lowest BCUT2D eigenvalue weighted by atomic mass is 10.4. The highest BCUT2D eigenvalue weighted by Crippen LogP contribution is 1.97. The van der Waals surface area contributed by atoms with Crippen LogP contribution in [0.4, 0.5) is 0 Å². The number of nitrogens with zero attached hydrogens (tertiary/aromatic N) is 1. The van der Waals surface area contributed by atoms with Gasteiger partial charge in [0, 0.05) is 14.1 Å². The van der Waals surface area contributed by atoms with Crippen molar-refractivity contribution in [3.8, 4) is 0 Å². The Morgan fingerprint density at radius 3 is 2.50 bits per heavy atom. The summed E-state index contributed by atoms with van der Waals surface area (Å²) in [6.45, 7) is 0.0517. The van der Waals surface area contributed by atoms with E-state index < -0.39 is 5.91 Å². The number of likely N-dealkylation sites (N-methyl/N-ethyl adjacent to an activating group) is 1. The van der Waals surface area contributed by atoms with Crippen LogP contribution in [0.5, 0.6) is 0 Å². The van der Waals surface area contributed by atoms with Gasteiger partial charge < -0.3 is 27.0 Å². The number of nitrogens with one attached hydrogen (secondary N) is 2. The average molecular weight is 201 g/mol. The molecule has 80 valence electrons. The maximum Gasteiger partial charge on any atom is 0.270 e. The predicted molar refractivity (Wildman–Crippen MR) is 51.3 cm³/mol. The zero-order valence-electron chi connectivity index (χ0n) is 8.20.